The highest BCUT2D eigenvalue weighted by atomic mass is 16.2. The summed E-state index contributed by atoms with van der Waals surface area (Å²) in [5, 5.41) is 7.44. The maximum absolute atomic E-state index is 12.2. The zero-order chi connectivity index (χ0) is 17.8. The number of hydrogen-bond donors (Lipinski definition) is 2. The third-order valence-corrected chi connectivity index (χ3v) is 5.53. The van der Waals surface area contributed by atoms with Crippen molar-refractivity contribution in [2.45, 2.75) is 44.3 Å². The standard InChI is InChI=1S/C22H27N3O/c26-21-13-7-15-25(21)20-12-5-4-10-18(20)16-24-19-11-6-14-23-22(19)17-8-2-1-3-9-17/h1-5,8-10,12,19,22-24H,6-7,11,13-16H2. The lowest BCUT2D eigenvalue weighted by Crippen LogP contribution is -2.45. The Morgan fingerprint density at radius 2 is 1.85 bits per heavy atom. The highest BCUT2D eigenvalue weighted by Crippen LogP contribution is 2.27. The van der Waals surface area contributed by atoms with E-state index in [0.717, 1.165) is 38.2 Å². The molecule has 2 aliphatic heterocycles. The lowest BCUT2D eigenvalue weighted by molar-refractivity contribution is -0.117. The van der Waals surface area contributed by atoms with Crippen LogP contribution in [0.5, 0.6) is 0 Å². The Labute approximate surface area is 155 Å². The van der Waals surface area contributed by atoms with Crippen LogP contribution in [-0.2, 0) is 11.3 Å². The Hall–Kier alpha value is -2.17. The van der Waals surface area contributed by atoms with E-state index in [2.05, 4.69) is 59.2 Å². The SMILES string of the molecule is O=C1CCCN1c1ccccc1CNC1CCCNC1c1ccccc1. The number of nitrogens with one attached hydrogen (secondary N) is 2. The van der Waals surface area contributed by atoms with Gasteiger partial charge in [-0.1, -0.05) is 48.5 Å². The van der Waals surface area contributed by atoms with Crippen LogP contribution >= 0.6 is 0 Å². The topological polar surface area (TPSA) is 44.4 Å². The van der Waals surface area contributed by atoms with Crippen LogP contribution in [0.15, 0.2) is 54.6 Å². The third-order valence-electron chi connectivity index (χ3n) is 5.53. The van der Waals surface area contributed by atoms with Gasteiger partial charge in [0.25, 0.3) is 0 Å². The van der Waals surface area contributed by atoms with Crippen LogP contribution in [-0.4, -0.2) is 25.0 Å². The predicted octanol–water partition coefficient (Wildman–Crippen LogP) is 3.40. The van der Waals surface area contributed by atoms with Crippen molar-refractivity contribution in [2.75, 3.05) is 18.0 Å². The Bertz CT molecular complexity index is 746. The monoisotopic (exact) mass is 349 g/mol. The zero-order valence-corrected chi connectivity index (χ0v) is 15.2. The molecule has 0 radical (unpaired) electrons. The molecule has 2 fully saturated rings. The second kappa shape index (κ2) is 8.02. The van der Waals surface area contributed by atoms with Gasteiger partial charge in [-0.3, -0.25) is 4.79 Å². The number of anilines is 1. The summed E-state index contributed by atoms with van der Waals surface area (Å²) in [5.74, 6) is 0.249. The second-order valence-corrected chi connectivity index (χ2v) is 7.25. The van der Waals surface area contributed by atoms with E-state index in [9.17, 15) is 4.79 Å². The van der Waals surface area contributed by atoms with Crippen molar-refractivity contribution in [3.63, 3.8) is 0 Å². The van der Waals surface area contributed by atoms with Crippen molar-refractivity contribution in [3.8, 4) is 0 Å². The molecule has 2 N–H and O–H groups in total. The lowest BCUT2D eigenvalue weighted by atomic mass is 9.92. The van der Waals surface area contributed by atoms with Crippen LogP contribution in [0.3, 0.4) is 0 Å². The highest BCUT2D eigenvalue weighted by Gasteiger charge is 2.27. The first-order valence-corrected chi connectivity index (χ1v) is 9.73. The fourth-order valence-corrected chi connectivity index (χ4v) is 4.19. The van der Waals surface area contributed by atoms with Gasteiger partial charge in [0.05, 0.1) is 0 Å². The number of amides is 1. The molecule has 2 unspecified atom stereocenters. The number of benzene rings is 2. The number of piperidine rings is 1. The van der Waals surface area contributed by atoms with Crippen molar-refractivity contribution in [1.29, 1.82) is 0 Å². The maximum atomic E-state index is 12.2. The fraction of sp³-hybridized carbons (Fsp3) is 0.409. The summed E-state index contributed by atoms with van der Waals surface area (Å²) in [4.78, 5) is 14.1. The van der Waals surface area contributed by atoms with Crippen LogP contribution in [0.4, 0.5) is 5.69 Å². The van der Waals surface area contributed by atoms with E-state index in [1.165, 1.54) is 17.5 Å². The first-order chi connectivity index (χ1) is 12.8. The molecule has 0 spiro atoms. The number of nitrogens with zero attached hydrogens (tertiary/aromatic N) is 1. The Morgan fingerprint density at radius 1 is 1.04 bits per heavy atom. The number of carbonyl (C=O) groups is 1. The van der Waals surface area contributed by atoms with E-state index in [1.807, 2.05) is 11.0 Å². The molecule has 2 saturated heterocycles. The first-order valence-electron chi connectivity index (χ1n) is 9.73. The van der Waals surface area contributed by atoms with Gasteiger partial charge in [-0.2, -0.15) is 0 Å². The molecule has 2 atom stereocenters. The van der Waals surface area contributed by atoms with Gasteiger partial charge in [-0.05, 0) is 43.0 Å². The average Bonchev–Trinajstić information content (AvgIpc) is 3.13. The van der Waals surface area contributed by atoms with Crippen LogP contribution in [0.1, 0.15) is 42.9 Å². The van der Waals surface area contributed by atoms with Gasteiger partial charge in [0, 0.05) is 37.3 Å². The lowest BCUT2D eigenvalue weighted by Gasteiger charge is -2.34. The van der Waals surface area contributed by atoms with Crippen LogP contribution < -0.4 is 15.5 Å². The van der Waals surface area contributed by atoms with Gasteiger partial charge in [0.2, 0.25) is 5.91 Å². The van der Waals surface area contributed by atoms with Crippen molar-refractivity contribution in [2.24, 2.45) is 0 Å². The van der Waals surface area contributed by atoms with Gasteiger partial charge in [-0.15, -0.1) is 0 Å². The van der Waals surface area contributed by atoms with Crippen LogP contribution in [0.2, 0.25) is 0 Å². The summed E-state index contributed by atoms with van der Waals surface area (Å²) in [7, 11) is 0. The van der Waals surface area contributed by atoms with E-state index < -0.39 is 0 Å². The van der Waals surface area contributed by atoms with Crippen LogP contribution in [0, 0.1) is 0 Å². The molecule has 26 heavy (non-hydrogen) atoms. The number of rotatable bonds is 5. The minimum absolute atomic E-state index is 0.249. The summed E-state index contributed by atoms with van der Waals surface area (Å²) in [6.45, 7) is 2.69. The van der Waals surface area contributed by atoms with Gasteiger partial charge in [0.15, 0.2) is 0 Å². The van der Waals surface area contributed by atoms with E-state index in [4.69, 9.17) is 0 Å². The molecule has 2 aromatic carbocycles. The minimum atomic E-state index is 0.249. The largest absolute Gasteiger partial charge is 0.312 e. The van der Waals surface area contributed by atoms with E-state index in [1.54, 1.807) is 0 Å². The van der Waals surface area contributed by atoms with Crippen LogP contribution in [0.25, 0.3) is 0 Å². The molecule has 4 nitrogen and oxygen atoms in total. The molecule has 2 aromatic rings. The number of para-hydroxylation sites is 1. The van der Waals surface area contributed by atoms with Crippen molar-refractivity contribution in [1.82, 2.24) is 10.6 Å². The molecule has 4 heteroatoms. The Kier molecular flexibility index (Phi) is 5.32. The smallest absolute Gasteiger partial charge is 0.227 e. The first kappa shape index (κ1) is 17.3. The van der Waals surface area contributed by atoms with Gasteiger partial charge < -0.3 is 15.5 Å². The van der Waals surface area contributed by atoms with Gasteiger partial charge in [-0.25, -0.2) is 0 Å². The highest BCUT2D eigenvalue weighted by molar-refractivity contribution is 5.96. The third kappa shape index (κ3) is 3.67. The molecule has 1 amide bonds. The molecule has 136 valence electrons. The molecule has 2 aliphatic rings. The number of carbonyl (C=O) groups excluding carboxylic acids is 1. The van der Waals surface area contributed by atoms with Gasteiger partial charge >= 0.3 is 0 Å². The van der Waals surface area contributed by atoms with E-state index in [0.29, 0.717) is 18.5 Å². The molecule has 0 saturated carbocycles. The second-order valence-electron chi connectivity index (χ2n) is 7.25. The number of hydrogen-bond acceptors (Lipinski definition) is 3. The molecule has 0 aromatic heterocycles. The normalized spacial score (nSPS) is 23.4. The maximum Gasteiger partial charge on any atom is 0.227 e. The molecular weight excluding hydrogens is 322 g/mol. The molecule has 0 aliphatic carbocycles. The molecule has 4 rings (SSSR count). The molecule has 0 bridgehead atoms. The fourth-order valence-electron chi connectivity index (χ4n) is 4.19. The summed E-state index contributed by atoms with van der Waals surface area (Å²) < 4.78 is 0. The summed E-state index contributed by atoms with van der Waals surface area (Å²) >= 11 is 0. The van der Waals surface area contributed by atoms with Crippen molar-refractivity contribution in [3.05, 3.63) is 65.7 Å². The predicted molar refractivity (Wildman–Crippen MR) is 105 cm³/mol. The zero-order valence-electron chi connectivity index (χ0n) is 15.2. The van der Waals surface area contributed by atoms with Crippen molar-refractivity contribution >= 4 is 11.6 Å². The Balaban J connectivity index is 1.49. The summed E-state index contributed by atoms with van der Waals surface area (Å²) in [6, 6.07) is 19.7. The minimum Gasteiger partial charge on any atom is -0.312 e. The van der Waals surface area contributed by atoms with E-state index in [-0.39, 0.29) is 5.91 Å². The quantitative estimate of drug-likeness (QED) is 0.870. The van der Waals surface area contributed by atoms with Crippen molar-refractivity contribution < 1.29 is 4.79 Å². The average molecular weight is 349 g/mol. The van der Waals surface area contributed by atoms with Gasteiger partial charge in [0.1, 0.15) is 0 Å². The van der Waals surface area contributed by atoms with E-state index >= 15 is 0 Å². The summed E-state index contributed by atoms with van der Waals surface area (Å²) in [5.41, 5.74) is 3.62. The summed E-state index contributed by atoms with van der Waals surface area (Å²) in [6.07, 6.45) is 3.98. The molecule has 2 heterocycles. The molecular formula is C22H27N3O. The Morgan fingerprint density at radius 3 is 2.65 bits per heavy atom.